The van der Waals surface area contributed by atoms with Crippen LogP contribution in [0.25, 0.3) is 0 Å². The maximum absolute atomic E-state index is 11.0. The first-order chi connectivity index (χ1) is 7.55. The van der Waals surface area contributed by atoms with Crippen molar-refractivity contribution >= 4 is 5.91 Å². The van der Waals surface area contributed by atoms with Crippen LogP contribution in [0, 0.1) is 23.2 Å². The van der Waals surface area contributed by atoms with E-state index in [1.54, 1.807) is 0 Å². The van der Waals surface area contributed by atoms with Crippen molar-refractivity contribution in [3.05, 3.63) is 12.7 Å². The van der Waals surface area contributed by atoms with Crippen molar-refractivity contribution < 1.29 is 4.79 Å². The highest BCUT2D eigenvalue weighted by molar-refractivity contribution is 5.86. The van der Waals surface area contributed by atoms with E-state index in [0.29, 0.717) is 5.41 Å². The predicted octanol–water partition coefficient (Wildman–Crippen LogP) is 2.75. The molecular formula is C14H23NO. The Labute approximate surface area is 98.5 Å². The number of rotatable bonds is 4. The molecular weight excluding hydrogens is 198 g/mol. The predicted molar refractivity (Wildman–Crippen MR) is 65.9 cm³/mol. The molecule has 16 heavy (non-hydrogen) atoms. The van der Waals surface area contributed by atoms with Gasteiger partial charge in [-0.1, -0.05) is 20.4 Å². The lowest BCUT2D eigenvalue weighted by molar-refractivity contribution is -0.117. The summed E-state index contributed by atoms with van der Waals surface area (Å²) in [5.41, 5.74) is 0.561. The average Bonchev–Trinajstić information content (AvgIpc) is 2.28. The first-order valence-corrected chi connectivity index (χ1v) is 6.46. The van der Waals surface area contributed by atoms with Gasteiger partial charge in [0.1, 0.15) is 0 Å². The highest BCUT2D eigenvalue weighted by Crippen LogP contribution is 2.61. The van der Waals surface area contributed by atoms with Gasteiger partial charge in [-0.15, -0.1) is 0 Å². The lowest BCUT2D eigenvalue weighted by Crippen LogP contribution is -2.52. The summed E-state index contributed by atoms with van der Waals surface area (Å²) in [5, 5.41) is 2.89. The third-order valence-corrected chi connectivity index (χ3v) is 5.00. The minimum absolute atomic E-state index is 0.0402. The number of hydrogen-bond acceptors (Lipinski definition) is 1. The number of nitrogens with one attached hydrogen (secondary N) is 1. The normalized spacial score (nSPS) is 35.0. The number of carbonyl (C=O) groups is 1. The fourth-order valence-corrected chi connectivity index (χ4v) is 3.76. The van der Waals surface area contributed by atoms with Crippen molar-refractivity contribution in [3.63, 3.8) is 0 Å². The summed E-state index contributed by atoms with van der Waals surface area (Å²) in [6.07, 6.45) is 6.67. The Morgan fingerprint density at radius 2 is 2.25 bits per heavy atom. The Morgan fingerprint density at radius 3 is 2.81 bits per heavy atom. The first-order valence-electron chi connectivity index (χ1n) is 6.46. The number of fused-ring (bicyclic) bond motifs is 2. The number of hydrogen-bond donors (Lipinski definition) is 1. The van der Waals surface area contributed by atoms with Gasteiger partial charge in [0.05, 0.1) is 0 Å². The van der Waals surface area contributed by atoms with Crippen molar-refractivity contribution in [2.75, 3.05) is 6.54 Å². The van der Waals surface area contributed by atoms with Crippen LogP contribution in [0.5, 0.6) is 0 Å². The van der Waals surface area contributed by atoms with Gasteiger partial charge in [-0.25, -0.2) is 0 Å². The highest BCUT2D eigenvalue weighted by atomic mass is 16.1. The van der Waals surface area contributed by atoms with Gasteiger partial charge in [-0.05, 0) is 54.9 Å². The summed E-state index contributed by atoms with van der Waals surface area (Å²) in [6.45, 7) is 9.11. The van der Waals surface area contributed by atoms with E-state index in [9.17, 15) is 4.79 Å². The average molecular weight is 221 g/mol. The van der Waals surface area contributed by atoms with Crippen LogP contribution in [0.3, 0.4) is 0 Å². The fraction of sp³-hybridized carbons (Fsp3) is 0.786. The van der Waals surface area contributed by atoms with Crippen LogP contribution in [0.2, 0.25) is 0 Å². The molecule has 2 heteroatoms. The van der Waals surface area contributed by atoms with Crippen molar-refractivity contribution in [2.24, 2.45) is 23.2 Å². The molecule has 0 aromatic heterocycles. The Balaban J connectivity index is 1.78. The van der Waals surface area contributed by atoms with E-state index in [2.05, 4.69) is 25.7 Å². The second-order valence-corrected chi connectivity index (χ2v) is 5.98. The lowest BCUT2D eigenvalue weighted by Gasteiger charge is -2.60. The summed E-state index contributed by atoms with van der Waals surface area (Å²) < 4.78 is 0. The summed E-state index contributed by atoms with van der Waals surface area (Å²) in [4.78, 5) is 11.0. The summed E-state index contributed by atoms with van der Waals surface area (Å²) >= 11 is 0. The van der Waals surface area contributed by atoms with Crippen molar-refractivity contribution in [1.29, 1.82) is 0 Å². The molecule has 3 rings (SSSR count). The van der Waals surface area contributed by atoms with Crippen LogP contribution in [0.4, 0.5) is 0 Å². The molecule has 3 aliphatic carbocycles. The summed E-state index contributed by atoms with van der Waals surface area (Å²) in [7, 11) is 0. The summed E-state index contributed by atoms with van der Waals surface area (Å²) in [5.74, 6) is 2.65. The molecule has 2 nitrogen and oxygen atoms in total. The number of carbonyl (C=O) groups excluding carboxylic acids is 1. The van der Waals surface area contributed by atoms with E-state index >= 15 is 0 Å². The van der Waals surface area contributed by atoms with Crippen LogP contribution in [-0.4, -0.2) is 12.5 Å². The maximum Gasteiger partial charge on any atom is 0.243 e. The largest absolute Gasteiger partial charge is 0.353 e. The molecule has 0 heterocycles. The van der Waals surface area contributed by atoms with Crippen LogP contribution >= 0.6 is 0 Å². The van der Waals surface area contributed by atoms with E-state index in [1.165, 1.54) is 25.3 Å². The zero-order chi connectivity index (χ0) is 11.8. The first kappa shape index (κ1) is 11.7. The lowest BCUT2D eigenvalue weighted by atomic mass is 9.45. The molecule has 3 fully saturated rings. The third-order valence-electron chi connectivity index (χ3n) is 5.00. The van der Waals surface area contributed by atoms with E-state index in [1.807, 2.05) is 0 Å². The Bertz CT molecular complexity index is 293. The van der Waals surface area contributed by atoms with Gasteiger partial charge in [-0.3, -0.25) is 4.79 Å². The van der Waals surface area contributed by atoms with E-state index in [4.69, 9.17) is 0 Å². The smallest absolute Gasteiger partial charge is 0.243 e. The monoisotopic (exact) mass is 221 g/mol. The molecule has 0 radical (unpaired) electrons. The number of amides is 1. The zero-order valence-electron chi connectivity index (χ0n) is 10.5. The molecule has 0 aromatic carbocycles. The molecule has 3 aliphatic rings. The van der Waals surface area contributed by atoms with Gasteiger partial charge in [-0.2, -0.15) is 0 Å². The van der Waals surface area contributed by atoms with Gasteiger partial charge in [0.2, 0.25) is 5.91 Å². The van der Waals surface area contributed by atoms with Gasteiger partial charge >= 0.3 is 0 Å². The van der Waals surface area contributed by atoms with Gasteiger partial charge < -0.3 is 5.32 Å². The maximum atomic E-state index is 11.0. The zero-order valence-corrected chi connectivity index (χ0v) is 10.5. The van der Waals surface area contributed by atoms with Gasteiger partial charge in [0.15, 0.2) is 0 Å². The molecule has 1 amide bonds. The molecule has 2 bridgehead atoms. The van der Waals surface area contributed by atoms with Crippen molar-refractivity contribution in [2.45, 2.75) is 39.5 Å². The molecule has 0 unspecified atom stereocenters. The van der Waals surface area contributed by atoms with Crippen molar-refractivity contribution in [3.8, 4) is 0 Å². The quantitative estimate of drug-likeness (QED) is 0.727. The fourth-order valence-electron chi connectivity index (χ4n) is 3.76. The van der Waals surface area contributed by atoms with E-state index in [0.717, 1.165) is 30.7 Å². The molecule has 0 saturated heterocycles. The van der Waals surface area contributed by atoms with Crippen LogP contribution in [-0.2, 0) is 4.79 Å². The molecule has 0 aromatic rings. The molecule has 3 atom stereocenters. The Morgan fingerprint density at radius 1 is 1.50 bits per heavy atom. The van der Waals surface area contributed by atoms with Gasteiger partial charge in [0, 0.05) is 6.54 Å². The topological polar surface area (TPSA) is 29.1 Å². The Hall–Kier alpha value is -0.790. The third kappa shape index (κ3) is 1.90. The minimum Gasteiger partial charge on any atom is -0.353 e. The Kier molecular flexibility index (Phi) is 3.09. The highest BCUT2D eigenvalue weighted by Gasteiger charge is 2.53. The van der Waals surface area contributed by atoms with Crippen LogP contribution in [0.15, 0.2) is 12.7 Å². The van der Waals surface area contributed by atoms with E-state index < -0.39 is 0 Å². The van der Waals surface area contributed by atoms with Crippen LogP contribution < -0.4 is 5.32 Å². The SMILES string of the molecule is C=CC(=O)NCC[C@@H]1CC[C@H]2C[C@@H]1C2(C)C. The standard InChI is InChI=1S/C14H23NO/c1-4-13(16)15-8-7-10-5-6-11-9-12(10)14(11,2)3/h4,10-12H,1,5-9H2,2-3H3,(H,15,16)/t10-,11-,12-/m0/s1. The van der Waals surface area contributed by atoms with Crippen LogP contribution in [0.1, 0.15) is 39.5 Å². The van der Waals surface area contributed by atoms with Crippen molar-refractivity contribution in [1.82, 2.24) is 5.32 Å². The molecule has 3 saturated carbocycles. The van der Waals surface area contributed by atoms with E-state index in [-0.39, 0.29) is 5.91 Å². The molecule has 0 aliphatic heterocycles. The molecule has 1 N–H and O–H groups in total. The summed E-state index contributed by atoms with van der Waals surface area (Å²) in [6, 6.07) is 0. The minimum atomic E-state index is -0.0402. The van der Waals surface area contributed by atoms with Gasteiger partial charge in [0.25, 0.3) is 0 Å². The second-order valence-electron chi connectivity index (χ2n) is 5.98. The molecule has 90 valence electrons. The molecule has 0 spiro atoms. The second kappa shape index (κ2) is 4.23.